The zero-order valence-corrected chi connectivity index (χ0v) is 13.2. The van der Waals surface area contributed by atoms with Gasteiger partial charge in [-0.25, -0.2) is 9.97 Å². The molecule has 2 rings (SSSR count). The van der Waals surface area contributed by atoms with E-state index in [-0.39, 0.29) is 5.91 Å². The SMILES string of the molecule is COCCNc1nccc(C(=O)NCc2ccccc2OC)n1. The summed E-state index contributed by atoms with van der Waals surface area (Å²) in [7, 11) is 3.22. The number of hydrogen-bond donors (Lipinski definition) is 2. The number of methoxy groups -OCH3 is 2. The van der Waals surface area contributed by atoms with Gasteiger partial charge in [0.1, 0.15) is 11.4 Å². The Morgan fingerprint density at radius 3 is 2.83 bits per heavy atom. The third-order valence-corrected chi connectivity index (χ3v) is 3.11. The van der Waals surface area contributed by atoms with E-state index < -0.39 is 0 Å². The van der Waals surface area contributed by atoms with Crippen molar-refractivity contribution in [1.29, 1.82) is 0 Å². The van der Waals surface area contributed by atoms with Gasteiger partial charge in [-0.05, 0) is 12.1 Å². The summed E-state index contributed by atoms with van der Waals surface area (Å²) in [5, 5.41) is 5.81. The summed E-state index contributed by atoms with van der Waals surface area (Å²) in [6.45, 7) is 1.47. The first kappa shape index (κ1) is 16.7. The van der Waals surface area contributed by atoms with E-state index in [0.717, 1.165) is 11.3 Å². The monoisotopic (exact) mass is 316 g/mol. The number of benzene rings is 1. The van der Waals surface area contributed by atoms with Crippen LogP contribution in [0.4, 0.5) is 5.95 Å². The van der Waals surface area contributed by atoms with Gasteiger partial charge in [0.15, 0.2) is 0 Å². The second kappa shape index (κ2) is 8.70. The molecule has 23 heavy (non-hydrogen) atoms. The Bertz CT molecular complexity index is 649. The fraction of sp³-hybridized carbons (Fsp3) is 0.312. The summed E-state index contributed by atoms with van der Waals surface area (Å²) in [5.74, 6) is 0.859. The molecule has 1 amide bonds. The predicted octanol–water partition coefficient (Wildman–Crippen LogP) is 1.47. The highest BCUT2D eigenvalue weighted by molar-refractivity contribution is 5.92. The molecule has 7 nitrogen and oxygen atoms in total. The smallest absolute Gasteiger partial charge is 0.270 e. The minimum atomic E-state index is -0.270. The molecule has 0 saturated carbocycles. The number of rotatable bonds is 8. The fourth-order valence-electron chi connectivity index (χ4n) is 1.95. The second-order valence-electron chi connectivity index (χ2n) is 4.68. The van der Waals surface area contributed by atoms with Crippen molar-refractivity contribution in [2.24, 2.45) is 0 Å². The average Bonchev–Trinajstić information content (AvgIpc) is 2.60. The molecule has 0 bridgehead atoms. The molecular formula is C16H20N4O3. The van der Waals surface area contributed by atoms with E-state index in [1.54, 1.807) is 26.5 Å². The number of para-hydroxylation sites is 1. The Morgan fingerprint density at radius 1 is 1.22 bits per heavy atom. The number of anilines is 1. The van der Waals surface area contributed by atoms with Crippen LogP contribution in [0, 0.1) is 0 Å². The number of aromatic nitrogens is 2. The van der Waals surface area contributed by atoms with Gasteiger partial charge < -0.3 is 20.1 Å². The lowest BCUT2D eigenvalue weighted by atomic mass is 10.2. The van der Waals surface area contributed by atoms with Crippen molar-refractivity contribution in [2.75, 3.05) is 32.7 Å². The van der Waals surface area contributed by atoms with E-state index in [9.17, 15) is 4.79 Å². The van der Waals surface area contributed by atoms with Crippen molar-refractivity contribution in [3.05, 3.63) is 47.8 Å². The Labute approximate surface area is 135 Å². The van der Waals surface area contributed by atoms with E-state index in [4.69, 9.17) is 9.47 Å². The van der Waals surface area contributed by atoms with Gasteiger partial charge in [-0.1, -0.05) is 18.2 Å². The Hall–Kier alpha value is -2.67. The van der Waals surface area contributed by atoms with E-state index in [2.05, 4.69) is 20.6 Å². The van der Waals surface area contributed by atoms with Crippen LogP contribution in [0.3, 0.4) is 0 Å². The van der Waals surface area contributed by atoms with Crippen LogP contribution in [0.15, 0.2) is 36.5 Å². The molecular weight excluding hydrogens is 296 g/mol. The number of nitrogens with zero attached hydrogens (tertiary/aromatic N) is 2. The van der Waals surface area contributed by atoms with Crippen LogP contribution >= 0.6 is 0 Å². The van der Waals surface area contributed by atoms with Crippen molar-refractivity contribution in [3.63, 3.8) is 0 Å². The zero-order chi connectivity index (χ0) is 16.5. The Balaban J connectivity index is 1.96. The number of ether oxygens (including phenoxy) is 2. The van der Waals surface area contributed by atoms with Gasteiger partial charge >= 0.3 is 0 Å². The molecule has 0 radical (unpaired) electrons. The largest absolute Gasteiger partial charge is 0.496 e. The summed E-state index contributed by atoms with van der Waals surface area (Å²) in [4.78, 5) is 20.4. The molecule has 0 aliphatic rings. The van der Waals surface area contributed by atoms with E-state index in [1.165, 1.54) is 0 Å². The molecule has 0 saturated heterocycles. The van der Waals surface area contributed by atoms with Crippen LogP contribution in [0.1, 0.15) is 16.1 Å². The summed E-state index contributed by atoms with van der Waals surface area (Å²) >= 11 is 0. The van der Waals surface area contributed by atoms with Gasteiger partial charge in [0.05, 0.1) is 13.7 Å². The first-order valence-corrected chi connectivity index (χ1v) is 7.20. The maximum atomic E-state index is 12.2. The lowest BCUT2D eigenvalue weighted by molar-refractivity contribution is 0.0945. The number of carbonyl (C=O) groups is 1. The minimum absolute atomic E-state index is 0.270. The average molecular weight is 316 g/mol. The summed E-state index contributed by atoms with van der Waals surface area (Å²) in [5.41, 5.74) is 1.20. The van der Waals surface area contributed by atoms with Gasteiger partial charge in [-0.2, -0.15) is 0 Å². The van der Waals surface area contributed by atoms with E-state index >= 15 is 0 Å². The summed E-state index contributed by atoms with van der Waals surface area (Å²) < 4.78 is 10.2. The number of nitrogens with one attached hydrogen (secondary N) is 2. The second-order valence-corrected chi connectivity index (χ2v) is 4.68. The predicted molar refractivity (Wildman–Crippen MR) is 86.6 cm³/mol. The summed E-state index contributed by atoms with van der Waals surface area (Å²) in [6, 6.07) is 9.10. The van der Waals surface area contributed by atoms with Crippen molar-refractivity contribution in [2.45, 2.75) is 6.54 Å². The number of hydrogen-bond acceptors (Lipinski definition) is 6. The maximum Gasteiger partial charge on any atom is 0.270 e. The lowest BCUT2D eigenvalue weighted by Crippen LogP contribution is -2.24. The third kappa shape index (κ3) is 4.93. The highest BCUT2D eigenvalue weighted by Gasteiger charge is 2.10. The zero-order valence-electron chi connectivity index (χ0n) is 13.2. The van der Waals surface area contributed by atoms with Crippen molar-refractivity contribution < 1.29 is 14.3 Å². The maximum absolute atomic E-state index is 12.2. The van der Waals surface area contributed by atoms with Crippen LogP contribution < -0.4 is 15.4 Å². The standard InChI is InChI=1S/C16H20N4O3/c1-22-10-9-18-16-17-8-7-13(20-16)15(21)19-11-12-5-3-4-6-14(12)23-2/h3-8H,9-11H2,1-2H3,(H,19,21)(H,17,18,20). The van der Waals surface area contributed by atoms with Crippen LogP contribution in [-0.4, -0.2) is 43.2 Å². The van der Waals surface area contributed by atoms with Crippen LogP contribution in [0.2, 0.25) is 0 Å². The topological polar surface area (TPSA) is 85.4 Å². The van der Waals surface area contributed by atoms with Gasteiger partial charge in [0.2, 0.25) is 5.95 Å². The molecule has 0 fully saturated rings. The van der Waals surface area contributed by atoms with Gasteiger partial charge in [-0.15, -0.1) is 0 Å². The van der Waals surface area contributed by atoms with Crippen molar-refractivity contribution in [1.82, 2.24) is 15.3 Å². The first-order chi connectivity index (χ1) is 11.2. The van der Waals surface area contributed by atoms with Gasteiger partial charge in [0, 0.05) is 32.0 Å². The van der Waals surface area contributed by atoms with Crippen molar-refractivity contribution >= 4 is 11.9 Å². The highest BCUT2D eigenvalue weighted by atomic mass is 16.5. The molecule has 1 aromatic heterocycles. The molecule has 0 unspecified atom stereocenters. The Morgan fingerprint density at radius 2 is 2.04 bits per heavy atom. The quantitative estimate of drug-likeness (QED) is 0.718. The molecule has 0 aliphatic carbocycles. The normalized spacial score (nSPS) is 10.2. The number of carbonyl (C=O) groups excluding carboxylic acids is 1. The molecule has 122 valence electrons. The molecule has 0 spiro atoms. The first-order valence-electron chi connectivity index (χ1n) is 7.20. The molecule has 2 N–H and O–H groups in total. The minimum Gasteiger partial charge on any atom is -0.496 e. The molecule has 0 aliphatic heterocycles. The van der Waals surface area contributed by atoms with E-state index in [0.29, 0.717) is 31.3 Å². The molecule has 2 aromatic rings. The van der Waals surface area contributed by atoms with E-state index in [1.807, 2.05) is 24.3 Å². The molecule has 7 heteroatoms. The third-order valence-electron chi connectivity index (χ3n) is 3.11. The van der Waals surface area contributed by atoms with Crippen LogP contribution in [-0.2, 0) is 11.3 Å². The molecule has 1 aromatic carbocycles. The van der Waals surface area contributed by atoms with Gasteiger partial charge in [-0.3, -0.25) is 4.79 Å². The van der Waals surface area contributed by atoms with Crippen LogP contribution in [0.25, 0.3) is 0 Å². The molecule has 1 heterocycles. The lowest BCUT2D eigenvalue weighted by Gasteiger charge is -2.10. The Kier molecular flexibility index (Phi) is 6.31. The van der Waals surface area contributed by atoms with Crippen LogP contribution in [0.5, 0.6) is 5.75 Å². The fourth-order valence-corrected chi connectivity index (χ4v) is 1.95. The van der Waals surface area contributed by atoms with Crippen molar-refractivity contribution in [3.8, 4) is 5.75 Å². The van der Waals surface area contributed by atoms with Gasteiger partial charge in [0.25, 0.3) is 5.91 Å². The number of amides is 1. The summed E-state index contributed by atoms with van der Waals surface area (Å²) in [6.07, 6.45) is 1.54. The highest BCUT2D eigenvalue weighted by Crippen LogP contribution is 2.16. The molecule has 0 atom stereocenters.